The summed E-state index contributed by atoms with van der Waals surface area (Å²) in [4.78, 5) is 11.7. The van der Waals surface area contributed by atoms with Crippen LogP contribution in [0.3, 0.4) is 0 Å². The second kappa shape index (κ2) is 6.70. The largest absolute Gasteiger partial charge is 0.352 e. The molecule has 2 rings (SSSR count). The Labute approximate surface area is 119 Å². The Morgan fingerprint density at radius 2 is 2.15 bits per heavy atom. The number of aryl methyl sites for hydroxylation is 1. The maximum Gasteiger partial charge on any atom is 0.244 e. The summed E-state index contributed by atoms with van der Waals surface area (Å²) in [5.41, 5.74) is 2.14. The standard InChI is InChI=1S/C16H19N3O/c1-13(15-6-4-3-5-7-15)10-17-16(20)9-8-14-11-18-19(2)12-14/h3-9,11-13H,10H2,1-2H3,(H,17,20). The molecule has 0 bridgehead atoms. The van der Waals surface area contributed by atoms with Crippen molar-refractivity contribution in [1.82, 2.24) is 15.1 Å². The molecule has 0 aliphatic heterocycles. The van der Waals surface area contributed by atoms with Crippen LogP contribution in [0.4, 0.5) is 0 Å². The lowest BCUT2D eigenvalue weighted by atomic mass is 10.0. The van der Waals surface area contributed by atoms with Crippen LogP contribution in [0.5, 0.6) is 0 Å². The predicted molar refractivity (Wildman–Crippen MR) is 80.1 cm³/mol. The van der Waals surface area contributed by atoms with Crippen molar-refractivity contribution in [2.75, 3.05) is 6.54 Å². The molecule has 0 saturated carbocycles. The first-order chi connectivity index (χ1) is 9.65. The number of hydrogen-bond donors (Lipinski definition) is 1. The molecule has 0 radical (unpaired) electrons. The zero-order valence-corrected chi connectivity index (χ0v) is 11.8. The molecule has 0 aliphatic carbocycles. The van der Waals surface area contributed by atoms with Gasteiger partial charge >= 0.3 is 0 Å². The van der Waals surface area contributed by atoms with Crippen LogP contribution in [0.25, 0.3) is 6.08 Å². The minimum absolute atomic E-state index is 0.0864. The zero-order chi connectivity index (χ0) is 14.4. The molecule has 4 nitrogen and oxygen atoms in total. The van der Waals surface area contributed by atoms with Crippen molar-refractivity contribution in [2.24, 2.45) is 7.05 Å². The molecule has 104 valence electrons. The van der Waals surface area contributed by atoms with Crippen molar-refractivity contribution >= 4 is 12.0 Å². The lowest BCUT2D eigenvalue weighted by molar-refractivity contribution is -0.116. The van der Waals surface area contributed by atoms with Crippen LogP contribution in [-0.4, -0.2) is 22.2 Å². The number of nitrogens with zero attached hydrogens (tertiary/aromatic N) is 2. The monoisotopic (exact) mass is 269 g/mol. The quantitative estimate of drug-likeness (QED) is 0.847. The van der Waals surface area contributed by atoms with E-state index in [2.05, 4.69) is 29.5 Å². The van der Waals surface area contributed by atoms with Crippen molar-refractivity contribution in [1.29, 1.82) is 0 Å². The normalized spacial score (nSPS) is 12.5. The van der Waals surface area contributed by atoms with Crippen LogP contribution in [0.1, 0.15) is 24.0 Å². The zero-order valence-electron chi connectivity index (χ0n) is 11.8. The Hall–Kier alpha value is -2.36. The molecule has 0 aliphatic rings. The van der Waals surface area contributed by atoms with Gasteiger partial charge in [-0.1, -0.05) is 37.3 Å². The SMILES string of the molecule is CC(CNC(=O)C=Cc1cnn(C)c1)c1ccccc1. The highest BCUT2D eigenvalue weighted by molar-refractivity contribution is 5.91. The molecule has 1 atom stereocenters. The van der Waals surface area contributed by atoms with E-state index in [1.165, 1.54) is 11.6 Å². The summed E-state index contributed by atoms with van der Waals surface area (Å²) in [6, 6.07) is 10.2. The molecule has 1 N–H and O–H groups in total. The van der Waals surface area contributed by atoms with Crippen LogP contribution < -0.4 is 5.32 Å². The summed E-state index contributed by atoms with van der Waals surface area (Å²) in [7, 11) is 1.85. The third kappa shape index (κ3) is 4.09. The number of amides is 1. The molecule has 1 amide bonds. The van der Waals surface area contributed by atoms with Gasteiger partial charge < -0.3 is 5.32 Å². The molecule has 1 aromatic carbocycles. The van der Waals surface area contributed by atoms with Gasteiger partial charge in [0, 0.05) is 31.4 Å². The first kappa shape index (κ1) is 14.1. The van der Waals surface area contributed by atoms with E-state index in [4.69, 9.17) is 0 Å². The van der Waals surface area contributed by atoms with Gasteiger partial charge in [0.1, 0.15) is 0 Å². The summed E-state index contributed by atoms with van der Waals surface area (Å²) < 4.78 is 1.70. The molecule has 2 aromatic rings. The van der Waals surface area contributed by atoms with Crippen molar-refractivity contribution in [3.63, 3.8) is 0 Å². The summed E-state index contributed by atoms with van der Waals surface area (Å²) in [6.07, 6.45) is 6.87. The highest BCUT2D eigenvalue weighted by atomic mass is 16.1. The summed E-state index contributed by atoms with van der Waals surface area (Å²) in [6.45, 7) is 2.72. The molecular formula is C16H19N3O. The third-order valence-corrected chi connectivity index (χ3v) is 3.10. The summed E-state index contributed by atoms with van der Waals surface area (Å²) in [5.74, 6) is 0.212. The van der Waals surface area contributed by atoms with Gasteiger partial charge in [0.2, 0.25) is 5.91 Å². The minimum Gasteiger partial charge on any atom is -0.352 e. The van der Waals surface area contributed by atoms with Crippen molar-refractivity contribution < 1.29 is 4.79 Å². The molecule has 0 saturated heterocycles. The fourth-order valence-corrected chi connectivity index (χ4v) is 1.91. The van der Waals surface area contributed by atoms with Gasteiger partial charge in [0.05, 0.1) is 6.20 Å². The van der Waals surface area contributed by atoms with E-state index < -0.39 is 0 Å². The molecule has 1 heterocycles. The van der Waals surface area contributed by atoms with Gasteiger partial charge in [-0.2, -0.15) is 5.10 Å². The van der Waals surface area contributed by atoms with E-state index in [0.29, 0.717) is 12.5 Å². The average Bonchev–Trinajstić information content (AvgIpc) is 2.89. The van der Waals surface area contributed by atoms with Gasteiger partial charge in [-0.25, -0.2) is 0 Å². The Balaban J connectivity index is 1.82. The van der Waals surface area contributed by atoms with Crippen LogP contribution in [0.15, 0.2) is 48.8 Å². The molecule has 1 aromatic heterocycles. The molecule has 1 unspecified atom stereocenters. The second-order valence-electron chi connectivity index (χ2n) is 4.84. The van der Waals surface area contributed by atoms with Crippen molar-refractivity contribution in [2.45, 2.75) is 12.8 Å². The van der Waals surface area contributed by atoms with Crippen LogP contribution in [0.2, 0.25) is 0 Å². The lowest BCUT2D eigenvalue weighted by Gasteiger charge is -2.11. The van der Waals surface area contributed by atoms with E-state index in [9.17, 15) is 4.79 Å². The van der Waals surface area contributed by atoms with Gasteiger partial charge in [0.15, 0.2) is 0 Å². The first-order valence-corrected chi connectivity index (χ1v) is 6.64. The highest BCUT2D eigenvalue weighted by Crippen LogP contribution is 2.12. The number of nitrogens with one attached hydrogen (secondary N) is 1. The summed E-state index contributed by atoms with van der Waals surface area (Å²) >= 11 is 0. The first-order valence-electron chi connectivity index (χ1n) is 6.64. The highest BCUT2D eigenvalue weighted by Gasteiger charge is 2.05. The van der Waals surface area contributed by atoms with E-state index in [0.717, 1.165) is 5.56 Å². The molecule has 0 spiro atoms. The number of carbonyl (C=O) groups excluding carboxylic acids is 1. The van der Waals surface area contributed by atoms with E-state index in [1.807, 2.05) is 31.4 Å². The second-order valence-corrected chi connectivity index (χ2v) is 4.84. The number of carbonyl (C=O) groups is 1. The number of rotatable bonds is 5. The average molecular weight is 269 g/mol. The van der Waals surface area contributed by atoms with Crippen molar-refractivity contribution in [3.8, 4) is 0 Å². The lowest BCUT2D eigenvalue weighted by Crippen LogP contribution is -2.25. The van der Waals surface area contributed by atoms with Gasteiger partial charge in [-0.05, 0) is 17.6 Å². The van der Waals surface area contributed by atoms with Gasteiger partial charge in [0.25, 0.3) is 0 Å². The Morgan fingerprint density at radius 1 is 1.40 bits per heavy atom. The van der Waals surface area contributed by atoms with Crippen LogP contribution >= 0.6 is 0 Å². The molecule has 0 fully saturated rings. The molecule has 4 heteroatoms. The molecular weight excluding hydrogens is 250 g/mol. The van der Waals surface area contributed by atoms with Gasteiger partial charge in [-0.15, -0.1) is 0 Å². The Morgan fingerprint density at radius 3 is 2.80 bits per heavy atom. The fraction of sp³-hybridized carbons (Fsp3) is 0.250. The third-order valence-electron chi connectivity index (χ3n) is 3.10. The van der Waals surface area contributed by atoms with Gasteiger partial charge in [-0.3, -0.25) is 9.48 Å². The topological polar surface area (TPSA) is 46.9 Å². The number of benzene rings is 1. The number of hydrogen-bond acceptors (Lipinski definition) is 2. The minimum atomic E-state index is -0.0864. The predicted octanol–water partition coefficient (Wildman–Crippen LogP) is 2.35. The van der Waals surface area contributed by atoms with E-state index >= 15 is 0 Å². The molecule has 20 heavy (non-hydrogen) atoms. The maximum atomic E-state index is 11.7. The van der Waals surface area contributed by atoms with Crippen LogP contribution in [0, 0.1) is 0 Å². The van der Waals surface area contributed by atoms with E-state index in [-0.39, 0.29) is 5.91 Å². The van der Waals surface area contributed by atoms with Crippen LogP contribution in [-0.2, 0) is 11.8 Å². The maximum absolute atomic E-state index is 11.7. The summed E-state index contributed by atoms with van der Waals surface area (Å²) in [5, 5.41) is 6.95. The van der Waals surface area contributed by atoms with Crippen molar-refractivity contribution in [3.05, 3.63) is 59.9 Å². The Kier molecular flexibility index (Phi) is 4.71. The van der Waals surface area contributed by atoms with E-state index in [1.54, 1.807) is 17.0 Å². The fourth-order valence-electron chi connectivity index (χ4n) is 1.91. The number of aromatic nitrogens is 2. The Bertz CT molecular complexity index is 587. The smallest absolute Gasteiger partial charge is 0.244 e.